The Morgan fingerprint density at radius 3 is 2.61 bits per heavy atom. The fourth-order valence-corrected chi connectivity index (χ4v) is 4.50. The Balaban J connectivity index is 1.49. The van der Waals surface area contributed by atoms with Gasteiger partial charge in [0.25, 0.3) is 0 Å². The maximum absolute atomic E-state index is 13.5. The minimum Gasteiger partial charge on any atom is -0.383 e. The first-order chi connectivity index (χ1) is 18.4. The first kappa shape index (κ1) is 24.8. The molecule has 0 saturated carbocycles. The molecule has 0 saturated heterocycles. The van der Waals surface area contributed by atoms with E-state index in [9.17, 15) is 14.4 Å². The van der Waals surface area contributed by atoms with Gasteiger partial charge in [-0.25, -0.2) is 4.98 Å². The Kier molecular flexibility index (Phi) is 6.90. The molecule has 0 spiro atoms. The molecule has 1 atom stereocenters. The summed E-state index contributed by atoms with van der Waals surface area (Å²) in [4.78, 5) is 44.0. The van der Waals surface area contributed by atoms with Crippen LogP contribution in [0.4, 0.5) is 17.2 Å². The minimum atomic E-state index is -0.680. The number of amides is 3. The van der Waals surface area contributed by atoms with Gasteiger partial charge in [0.2, 0.25) is 17.7 Å². The van der Waals surface area contributed by atoms with Crippen LogP contribution in [-0.2, 0) is 27.5 Å². The second kappa shape index (κ2) is 10.6. The highest BCUT2D eigenvalue weighted by Crippen LogP contribution is 2.26. The molecule has 1 unspecified atom stereocenters. The topological polar surface area (TPSA) is 129 Å². The number of carbonyl (C=O) groups excluding carboxylic acids is 3. The fraction of sp³-hybridized carbons (Fsp3) is 0.172. The Labute approximate surface area is 220 Å². The Morgan fingerprint density at radius 2 is 1.82 bits per heavy atom. The summed E-state index contributed by atoms with van der Waals surface area (Å²) in [5.41, 5.74) is 9.79. The molecule has 38 heavy (non-hydrogen) atoms. The Hall–Kier alpha value is -4.92. The lowest BCUT2D eigenvalue weighted by molar-refractivity contribution is -0.133. The van der Waals surface area contributed by atoms with E-state index in [2.05, 4.69) is 20.9 Å². The second-order valence-corrected chi connectivity index (χ2v) is 9.29. The first-order valence-electron chi connectivity index (χ1n) is 12.3. The zero-order chi connectivity index (χ0) is 26.6. The number of benzene rings is 3. The second-order valence-electron chi connectivity index (χ2n) is 9.29. The SMILES string of the molecule is CC(=O)N1CC(=O)Nc2cccc(c2)CNC(=O)C(Nc2ccc3c(N)nccc3c2)c2ccc(cc2)C1. The van der Waals surface area contributed by atoms with Gasteiger partial charge < -0.3 is 26.6 Å². The summed E-state index contributed by atoms with van der Waals surface area (Å²) in [7, 11) is 0. The van der Waals surface area contributed by atoms with E-state index in [4.69, 9.17) is 5.73 Å². The Bertz CT molecular complexity index is 1520. The molecule has 0 radical (unpaired) electrons. The molecule has 5 N–H and O–H groups in total. The maximum Gasteiger partial charge on any atom is 0.247 e. The first-order valence-corrected chi connectivity index (χ1v) is 12.3. The van der Waals surface area contributed by atoms with Crippen molar-refractivity contribution >= 4 is 45.7 Å². The number of nitrogen functional groups attached to an aromatic ring is 1. The predicted molar refractivity (Wildman–Crippen MR) is 147 cm³/mol. The van der Waals surface area contributed by atoms with Gasteiger partial charge in [0, 0.05) is 43.0 Å². The van der Waals surface area contributed by atoms with Crippen LogP contribution in [-0.4, -0.2) is 34.2 Å². The van der Waals surface area contributed by atoms with Gasteiger partial charge in [0.05, 0.1) is 0 Å². The molecule has 2 aliphatic heterocycles. The lowest BCUT2D eigenvalue weighted by atomic mass is 10.0. The molecular weight excluding hydrogens is 480 g/mol. The van der Waals surface area contributed by atoms with Crippen LogP contribution in [0, 0.1) is 0 Å². The average molecular weight is 509 g/mol. The van der Waals surface area contributed by atoms with Crippen molar-refractivity contribution in [2.24, 2.45) is 0 Å². The number of nitrogens with two attached hydrogens (primary N) is 1. The molecule has 3 amide bonds. The van der Waals surface area contributed by atoms with E-state index in [1.54, 1.807) is 18.3 Å². The number of anilines is 3. The lowest BCUT2D eigenvalue weighted by Crippen LogP contribution is -2.36. The number of fused-ring (bicyclic) bond motifs is 10. The van der Waals surface area contributed by atoms with Crippen LogP contribution in [0.25, 0.3) is 10.8 Å². The third-order valence-corrected chi connectivity index (χ3v) is 6.51. The van der Waals surface area contributed by atoms with E-state index in [0.717, 1.165) is 33.2 Å². The molecule has 192 valence electrons. The van der Waals surface area contributed by atoms with Crippen molar-refractivity contribution in [2.75, 3.05) is 22.9 Å². The molecule has 9 nitrogen and oxygen atoms in total. The van der Waals surface area contributed by atoms with Crippen LogP contribution < -0.4 is 21.7 Å². The van der Waals surface area contributed by atoms with Crippen LogP contribution in [0.5, 0.6) is 0 Å². The van der Waals surface area contributed by atoms with Gasteiger partial charge in [-0.1, -0.05) is 36.4 Å². The van der Waals surface area contributed by atoms with Gasteiger partial charge in [-0.15, -0.1) is 0 Å². The summed E-state index contributed by atoms with van der Waals surface area (Å²) in [5.74, 6) is -0.253. The van der Waals surface area contributed by atoms with E-state index in [1.165, 1.54) is 11.8 Å². The highest BCUT2D eigenvalue weighted by molar-refractivity contribution is 5.95. The number of aromatic nitrogens is 1. The van der Waals surface area contributed by atoms with E-state index < -0.39 is 6.04 Å². The van der Waals surface area contributed by atoms with Gasteiger partial charge in [-0.05, 0) is 58.5 Å². The number of hydrogen-bond acceptors (Lipinski definition) is 6. The number of pyridine rings is 1. The summed E-state index contributed by atoms with van der Waals surface area (Å²) in [6.07, 6.45) is 1.65. The molecule has 9 heteroatoms. The van der Waals surface area contributed by atoms with Crippen LogP contribution in [0.1, 0.15) is 29.7 Å². The van der Waals surface area contributed by atoms with Gasteiger partial charge >= 0.3 is 0 Å². The Morgan fingerprint density at radius 1 is 1.00 bits per heavy atom. The number of nitrogens with zero attached hydrogens (tertiary/aromatic N) is 2. The van der Waals surface area contributed by atoms with Crippen LogP contribution in [0.2, 0.25) is 0 Å². The monoisotopic (exact) mass is 508 g/mol. The van der Waals surface area contributed by atoms with Gasteiger partial charge in [-0.3, -0.25) is 14.4 Å². The molecule has 0 fully saturated rings. The predicted octanol–water partition coefficient (Wildman–Crippen LogP) is 3.59. The number of nitrogens with one attached hydrogen (secondary N) is 3. The van der Waals surface area contributed by atoms with E-state index in [0.29, 0.717) is 11.5 Å². The summed E-state index contributed by atoms with van der Waals surface area (Å²) >= 11 is 0. The minimum absolute atomic E-state index is 0.0653. The average Bonchev–Trinajstić information content (AvgIpc) is 2.90. The molecule has 3 heterocycles. The molecule has 2 aliphatic rings. The third-order valence-electron chi connectivity index (χ3n) is 6.51. The van der Waals surface area contributed by atoms with Gasteiger partial charge in [0.1, 0.15) is 18.4 Å². The van der Waals surface area contributed by atoms with Crippen molar-refractivity contribution in [1.29, 1.82) is 0 Å². The summed E-state index contributed by atoms with van der Waals surface area (Å²) in [5, 5.41) is 11.0. The van der Waals surface area contributed by atoms with E-state index in [1.807, 2.05) is 60.7 Å². The van der Waals surface area contributed by atoms with Crippen molar-refractivity contribution in [2.45, 2.75) is 26.1 Å². The number of hydrogen-bond donors (Lipinski definition) is 4. The smallest absolute Gasteiger partial charge is 0.247 e. The van der Waals surface area contributed by atoms with Crippen molar-refractivity contribution in [3.8, 4) is 0 Å². The van der Waals surface area contributed by atoms with Crippen molar-refractivity contribution in [3.63, 3.8) is 0 Å². The van der Waals surface area contributed by atoms with Gasteiger partial charge in [-0.2, -0.15) is 0 Å². The number of carbonyl (C=O) groups is 3. The fourth-order valence-electron chi connectivity index (χ4n) is 4.50. The van der Waals surface area contributed by atoms with E-state index in [-0.39, 0.29) is 37.4 Å². The molecule has 4 aromatic rings. The van der Waals surface area contributed by atoms with Crippen LogP contribution in [0.15, 0.2) is 79.0 Å². The van der Waals surface area contributed by atoms with Crippen LogP contribution >= 0.6 is 0 Å². The lowest BCUT2D eigenvalue weighted by Gasteiger charge is -2.23. The van der Waals surface area contributed by atoms with Crippen molar-refractivity contribution in [1.82, 2.24) is 15.2 Å². The van der Waals surface area contributed by atoms with E-state index >= 15 is 0 Å². The van der Waals surface area contributed by atoms with Crippen molar-refractivity contribution in [3.05, 3.63) is 95.7 Å². The molecular formula is C29H28N6O3. The highest BCUT2D eigenvalue weighted by atomic mass is 16.2. The molecule has 3 aromatic carbocycles. The summed E-state index contributed by atoms with van der Waals surface area (Å²) in [6, 6.07) is 21.6. The largest absolute Gasteiger partial charge is 0.383 e. The standard InChI is InChI=1S/C29H28N6O3/c1-18(36)35-16-19-5-7-21(8-6-19)27(34-24-9-10-25-22(14-24)11-12-31-28(25)30)29(38)32-15-20-3-2-4-23(13-20)33-26(37)17-35/h2-14,27,34H,15-17H2,1H3,(H2,30,31)(H,32,38)(H,33,37). The highest BCUT2D eigenvalue weighted by Gasteiger charge is 2.22. The van der Waals surface area contributed by atoms with Crippen molar-refractivity contribution < 1.29 is 14.4 Å². The third kappa shape index (κ3) is 5.57. The molecule has 1 aromatic heterocycles. The van der Waals surface area contributed by atoms with Gasteiger partial charge in [0.15, 0.2) is 0 Å². The summed E-state index contributed by atoms with van der Waals surface area (Å²) < 4.78 is 0. The quantitative estimate of drug-likeness (QED) is 0.328. The molecule has 0 aliphatic carbocycles. The molecule has 6 rings (SSSR count). The summed E-state index contributed by atoms with van der Waals surface area (Å²) in [6.45, 7) is 1.92. The normalized spacial score (nSPS) is 16.1. The zero-order valence-electron chi connectivity index (χ0n) is 20.9. The molecule has 4 bridgehead atoms. The zero-order valence-corrected chi connectivity index (χ0v) is 20.9. The maximum atomic E-state index is 13.5. The number of rotatable bonds is 2. The van der Waals surface area contributed by atoms with Crippen LogP contribution in [0.3, 0.4) is 0 Å².